The van der Waals surface area contributed by atoms with Gasteiger partial charge in [0.15, 0.2) is 0 Å². The maximum Gasteiger partial charge on any atom is 0.142 e. The number of hydrogen-bond donors (Lipinski definition) is 1. The second-order valence-corrected chi connectivity index (χ2v) is 5.48. The summed E-state index contributed by atoms with van der Waals surface area (Å²) < 4.78 is 11.2. The predicted octanol–water partition coefficient (Wildman–Crippen LogP) is 2.93. The lowest BCUT2D eigenvalue weighted by Gasteiger charge is -2.36. The van der Waals surface area contributed by atoms with Gasteiger partial charge in [-0.05, 0) is 31.2 Å². The van der Waals surface area contributed by atoms with Crippen LogP contribution in [0.5, 0.6) is 5.75 Å². The molecule has 1 N–H and O–H groups in total. The minimum atomic E-state index is -0.0925. The van der Waals surface area contributed by atoms with Crippen LogP contribution in [0, 0.1) is 0 Å². The molecule has 0 heterocycles. The highest BCUT2D eigenvalue weighted by Gasteiger charge is 2.26. The Hall–Kier alpha value is -2.04. The van der Waals surface area contributed by atoms with Crippen LogP contribution in [0.15, 0.2) is 54.6 Å². The van der Waals surface area contributed by atoms with Crippen molar-refractivity contribution in [1.29, 1.82) is 0 Å². The van der Waals surface area contributed by atoms with Crippen LogP contribution < -0.4 is 15.0 Å². The Bertz CT molecular complexity index is 585. The van der Waals surface area contributed by atoms with Gasteiger partial charge in [0.25, 0.3) is 0 Å². The Morgan fingerprint density at radius 3 is 2.26 bits per heavy atom. The van der Waals surface area contributed by atoms with Crippen LogP contribution in [0.25, 0.3) is 0 Å². The van der Waals surface area contributed by atoms with Gasteiger partial charge in [0, 0.05) is 14.2 Å². The molecule has 0 aliphatic carbocycles. The lowest BCUT2D eigenvalue weighted by atomic mass is 10.0. The molecule has 0 aliphatic rings. The second kappa shape index (κ2) is 8.56. The van der Waals surface area contributed by atoms with Crippen molar-refractivity contribution in [2.45, 2.75) is 18.7 Å². The SMILES string of the molecule is CNC(OC)C(Cc1ccccc1)N(C)c1ccccc1OC. The third kappa shape index (κ3) is 4.24. The molecule has 4 heteroatoms. The van der Waals surface area contributed by atoms with Crippen molar-refractivity contribution < 1.29 is 9.47 Å². The standard InChI is InChI=1S/C19H26N2O2/c1-20-19(23-4)17(14-15-10-6-5-7-11-15)21(2)16-12-8-9-13-18(16)22-3/h5-13,17,19-20H,14H2,1-4H3. The highest BCUT2D eigenvalue weighted by atomic mass is 16.5. The zero-order chi connectivity index (χ0) is 16.7. The molecule has 2 aromatic carbocycles. The number of ether oxygens (including phenoxy) is 2. The molecule has 0 amide bonds. The molecule has 2 rings (SSSR count). The average molecular weight is 314 g/mol. The van der Waals surface area contributed by atoms with Gasteiger partial charge in [0.1, 0.15) is 12.0 Å². The van der Waals surface area contributed by atoms with Crippen LogP contribution in [0.4, 0.5) is 5.69 Å². The van der Waals surface area contributed by atoms with E-state index in [1.54, 1.807) is 14.2 Å². The summed E-state index contributed by atoms with van der Waals surface area (Å²) in [6, 6.07) is 18.6. The van der Waals surface area contributed by atoms with Crippen molar-refractivity contribution in [3.63, 3.8) is 0 Å². The first-order chi connectivity index (χ1) is 11.2. The van der Waals surface area contributed by atoms with Crippen molar-refractivity contribution in [3.05, 3.63) is 60.2 Å². The zero-order valence-electron chi connectivity index (χ0n) is 14.3. The number of rotatable bonds is 8. The van der Waals surface area contributed by atoms with E-state index in [4.69, 9.17) is 9.47 Å². The van der Waals surface area contributed by atoms with E-state index >= 15 is 0 Å². The van der Waals surface area contributed by atoms with E-state index in [1.165, 1.54) is 5.56 Å². The fourth-order valence-corrected chi connectivity index (χ4v) is 2.87. The maximum atomic E-state index is 5.66. The van der Waals surface area contributed by atoms with E-state index in [2.05, 4.69) is 47.6 Å². The number of anilines is 1. The summed E-state index contributed by atoms with van der Waals surface area (Å²) in [7, 11) is 7.43. The predicted molar refractivity (Wildman–Crippen MR) is 95.2 cm³/mol. The normalized spacial score (nSPS) is 13.4. The molecule has 2 aromatic rings. The summed E-state index contributed by atoms with van der Waals surface area (Å²) in [5, 5.41) is 3.26. The average Bonchev–Trinajstić information content (AvgIpc) is 2.62. The molecule has 0 radical (unpaired) electrons. The van der Waals surface area contributed by atoms with Gasteiger partial charge in [0.05, 0.1) is 18.8 Å². The molecule has 0 fully saturated rings. The van der Waals surface area contributed by atoms with Crippen molar-refractivity contribution in [2.75, 3.05) is 33.2 Å². The van der Waals surface area contributed by atoms with Crippen molar-refractivity contribution in [1.82, 2.24) is 5.32 Å². The summed E-state index contributed by atoms with van der Waals surface area (Å²) >= 11 is 0. The number of methoxy groups -OCH3 is 2. The second-order valence-electron chi connectivity index (χ2n) is 5.48. The molecular weight excluding hydrogens is 288 g/mol. The first-order valence-corrected chi connectivity index (χ1v) is 7.81. The Labute approximate surface area is 139 Å². The van der Waals surface area contributed by atoms with Crippen molar-refractivity contribution in [2.24, 2.45) is 0 Å². The fourth-order valence-electron chi connectivity index (χ4n) is 2.87. The van der Waals surface area contributed by atoms with Gasteiger partial charge in [-0.3, -0.25) is 5.32 Å². The van der Waals surface area contributed by atoms with Gasteiger partial charge >= 0.3 is 0 Å². The fraction of sp³-hybridized carbons (Fsp3) is 0.368. The lowest BCUT2D eigenvalue weighted by molar-refractivity contribution is 0.0575. The summed E-state index contributed by atoms with van der Waals surface area (Å²) in [4.78, 5) is 2.22. The van der Waals surface area contributed by atoms with E-state index in [0.29, 0.717) is 0 Å². The number of likely N-dealkylation sites (N-methyl/N-ethyl adjacent to an activating group) is 2. The molecule has 0 saturated carbocycles. The van der Waals surface area contributed by atoms with Gasteiger partial charge in [-0.2, -0.15) is 0 Å². The monoisotopic (exact) mass is 314 g/mol. The zero-order valence-corrected chi connectivity index (χ0v) is 14.3. The van der Waals surface area contributed by atoms with Gasteiger partial charge in [-0.1, -0.05) is 42.5 Å². The third-order valence-corrected chi connectivity index (χ3v) is 4.14. The van der Waals surface area contributed by atoms with E-state index in [1.807, 2.05) is 31.3 Å². The molecule has 23 heavy (non-hydrogen) atoms. The number of hydrogen-bond acceptors (Lipinski definition) is 4. The number of nitrogens with one attached hydrogen (secondary N) is 1. The number of para-hydroxylation sites is 2. The summed E-state index contributed by atoms with van der Waals surface area (Å²) in [6.45, 7) is 0. The van der Waals surface area contributed by atoms with Gasteiger partial charge in [-0.15, -0.1) is 0 Å². The molecule has 0 aliphatic heterocycles. The molecule has 2 atom stereocenters. The van der Waals surface area contributed by atoms with Gasteiger partial charge in [-0.25, -0.2) is 0 Å². The van der Waals surface area contributed by atoms with E-state index in [0.717, 1.165) is 17.9 Å². The van der Waals surface area contributed by atoms with Crippen LogP contribution >= 0.6 is 0 Å². The Morgan fingerprint density at radius 2 is 1.65 bits per heavy atom. The Morgan fingerprint density at radius 1 is 1.00 bits per heavy atom. The van der Waals surface area contributed by atoms with Crippen molar-refractivity contribution in [3.8, 4) is 5.75 Å². The Balaban J connectivity index is 2.32. The van der Waals surface area contributed by atoms with Gasteiger partial charge < -0.3 is 14.4 Å². The molecule has 2 unspecified atom stereocenters. The summed E-state index contributed by atoms with van der Waals surface area (Å²) in [5.41, 5.74) is 2.32. The number of benzene rings is 2. The largest absolute Gasteiger partial charge is 0.495 e. The highest BCUT2D eigenvalue weighted by Crippen LogP contribution is 2.29. The molecule has 0 spiro atoms. The Kier molecular flexibility index (Phi) is 6.44. The van der Waals surface area contributed by atoms with Crippen LogP contribution in [0.3, 0.4) is 0 Å². The quantitative estimate of drug-likeness (QED) is 0.760. The topological polar surface area (TPSA) is 33.7 Å². The maximum absolute atomic E-state index is 5.66. The first-order valence-electron chi connectivity index (χ1n) is 7.81. The molecule has 4 nitrogen and oxygen atoms in total. The molecule has 124 valence electrons. The first kappa shape index (κ1) is 17.3. The molecule has 0 bridgehead atoms. The number of nitrogens with zero attached hydrogens (tertiary/aromatic N) is 1. The summed E-state index contributed by atoms with van der Waals surface area (Å²) in [6.07, 6.45) is 0.777. The van der Waals surface area contributed by atoms with E-state index in [-0.39, 0.29) is 12.3 Å². The highest BCUT2D eigenvalue weighted by molar-refractivity contribution is 5.58. The minimum absolute atomic E-state index is 0.0925. The molecule has 0 saturated heterocycles. The van der Waals surface area contributed by atoms with Crippen LogP contribution in [0.2, 0.25) is 0 Å². The van der Waals surface area contributed by atoms with E-state index < -0.39 is 0 Å². The van der Waals surface area contributed by atoms with E-state index in [9.17, 15) is 0 Å². The van der Waals surface area contributed by atoms with Gasteiger partial charge in [0.2, 0.25) is 0 Å². The molecular formula is C19H26N2O2. The van der Waals surface area contributed by atoms with Crippen LogP contribution in [0.1, 0.15) is 5.56 Å². The summed E-state index contributed by atoms with van der Waals surface area (Å²) in [5.74, 6) is 0.860. The third-order valence-electron chi connectivity index (χ3n) is 4.14. The van der Waals surface area contributed by atoms with Crippen molar-refractivity contribution >= 4 is 5.69 Å². The smallest absolute Gasteiger partial charge is 0.142 e. The van der Waals surface area contributed by atoms with Crippen LogP contribution in [-0.2, 0) is 11.2 Å². The molecule has 0 aromatic heterocycles. The van der Waals surface area contributed by atoms with Crippen LogP contribution in [-0.4, -0.2) is 40.6 Å². The lowest BCUT2D eigenvalue weighted by Crippen LogP contribution is -2.50. The minimum Gasteiger partial charge on any atom is -0.495 e.